The van der Waals surface area contributed by atoms with Crippen molar-refractivity contribution in [1.82, 2.24) is 34.6 Å². The molecule has 4 heterocycles. The molecule has 1 aliphatic rings. The molecule has 0 saturated carbocycles. The maximum atomic E-state index is 11.9. The van der Waals surface area contributed by atoms with Crippen LogP contribution in [0.3, 0.4) is 0 Å². The summed E-state index contributed by atoms with van der Waals surface area (Å²) in [4.78, 5) is 18.5. The maximum absolute atomic E-state index is 11.9. The molecule has 110 valence electrons. The molecular formula is C10H11N7O4. The highest BCUT2D eigenvalue weighted by atomic mass is 16.5. The van der Waals surface area contributed by atoms with Crippen molar-refractivity contribution < 1.29 is 14.9 Å². The maximum Gasteiger partial charge on any atom is 0.280 e. The summed E-state index contributed by atoms with van der Waals surface area (Å²) in [7, 11) is 0. The van der Waals surface area contributed by atoms with E-state index in [1.165, 1.54) is 10.8 Å². The van der Waals surface area contributed by atoms with Gasteiger partial charge in [0, 0.05) is 6.42 Å². The summed E-state index contributed by atoms with van der Waals surface area (Å²) < 4.78 is 8.48. The minimum atomic E-state index is -0.788. The summed E-state index contributed by atoms with van der Waals surface area (Å²) in [5.41, 5.74) is 0.123. The molecule has 11 nitrogen and oxygen atoms in total. The Labute approximate surface area is 115 Å². The van der Waals surface area contributed by atoms with Crippen LogP contribution >= 0.6 is 0 Å². The minimum absolute atomic E-state index is 0.167. The fraction of sp³-hybridized carbons (Fsp3) is 0.500. The zero-order valence-electron chi connectivity index (χ0n) is 10.6. The van der Waals surface area contributed by atoms with Crippen LogP contribution in [0.25, 0.3) is 16.9 Å². The lowest BCUT2D eigenvalue weighted by atomic mass is 10.2. The van der Waals surface area contributed by atoms with Crippen LogP contribution in [0.5, 0.6) is 0 Å². The molecular weight excluding hydrogens is 282 g/mol. The van der Waals surface area contributed by atoms with Gasteiger partial charge in [-0.25, -0.2) is 4.98 Å². The van der Waals surface area contributed by atoms with E-state index in [1.54, 1.807) is 4.57 Å². The molecule has 11 heteroatoms. The number of imidazole rings is 1. The molecule has 1 unspecified atom stereocenters. The zero-order valence-corrected chi connectivity index (χ0v) is 10.6. The van der Waals surface area contributed by atoms with Crippen molar-refractivity contribution in [3.8, 4) is 0 Å². The molecule has 0 aromatic carbocycles. The molecule has 3 atom stereocenters. The molecule has 0 aliphatic carbocycles. The number of nitrogens with zero attached hydrogens (tertiary/aromatic N) is 6. The molecule has 1 saturated heterocycles. The van der Waals surface area contributed by atoms with Gasteiger partial charge >= 0.3 is 0 Å². The molecule has 3 aromatic heterocycles. The first-order chi connectivity index (χ1) is 10.2. The minimum Gasteiger partial charge on any atom is -0.394 e. The van der Waals surface area contributed by atoms with Gasteiger partial charge in [-0.2, -0.15) is 4.52 Å². The van der Waals surface area contributed by atoms with Crippen LogP contribution in [0.1, 0.15) is 12.6 Å². The normalized spacial score (nSPS) is 26.1. The lowest BCUT2D eigenvalue weighted by Gasteiger charge is -2.13. The number of nitrogens with one attached hydrogen (secondary N) is 1. The summed E-state index contributed by atoms with van der Waals surface area (Å²) in [5.74, 6) is 0.187. The molecule has 1 aliphatic heterocycles. The zero-order chi connectivity index (χ0) is 14.6. The average Bonchev–Trinajstić information content (AvgIpc) is 3.14. The number of H-pyrrole nitrogens is 1. The molecule has 0 bridgehead atoms. The first-order valence-corrected chi connectivity index (χ1v) is 6.30. The highest BCUT2D eigenvalue weighted by Crippen LogP contribution is 2.30. The third-order valence-corrected chi connectivity index (χ3v) is 3.57. The number of hydrogen-bond donors (Lipinski definition) is 3. The molecule has 3 aromatic rings. The van der Waals surface area contributed by atoms with Crippen molar-refractivity contribution in [1.29, 1.82) is 0 Å². The number of aromatic amines is 1. The van der Waals surface area contributed by atoms with Crippen molar-refractivity contribution in [3.05, 3.63) is 16.7 Å². The second kappa shape index (κ2) is 4.31. The van der Waals surface area contributed by atoms with Crippen molar-refractivity contribution >= 4 is 16.9 Å². The van der Waals surface area contributed by atoms with Crippen LogP contribution in [0.4, 0.5) is 0 Å². The van der Waals surface area contributed by atoms with Crippen LogP contribution in [0, 0.1) is 0 Å². The van der Waals surface area contributed by atoms with Gasteiger partial charge in [-0.05, 0) is 10.4 Å². The van der Waals surface area contributed by atoms with E-state index in [0.29, 0.717) is 5.65 Å². The smallest absolute Gasteiger partial charge is 0.280 e. The standard InChI is InChI=1S/C10H11N7O4/c18-2-5-4(19)1-6(21-5)16-3-11-7-8(20)12-10-13-14-15-17(10)9(7)16/h3-6,18-19H,1-2H2,(H,12,13,15,20)/t4?,5-,6-/m1/s1. The van der Waals surface area contributed by atoms with E-state index in [-0.39, 0.29) is 24.3 Å². The number of rotatable bonds is 2. The van der Waals surface area contributed by atoms with E-state index < -0.39 is 24.0 Å². The molecule has 1 fully saturated rings. The number of ether oxygens (including phenoxy) is 1. The van der Waals surface area contributed by atoms with Gasteiger partial charge in [0.25, 0.3) is 11.3 Å². The van der Waals surface area contributed by atoms with Crippen LogP contribution in [0.2, 0.25) is 0 Å². The van der Waals surface area contributed by atoms with Crippen LogP contribution in [0.15, 0.2) is 11.1 Å². The second-order valence-corrected chi connectivity index (χ2v) is 4.81. The Morgan fingerprint density at radius 3 is 3.14 bits per heavy atom. The van der Waals surface area contributed by atoms with Gasteiger partial charge in [0.05, 0.1) is 19.0 Å². The quantitative estimate of drug-likeness (QED) is 0.483. The first-order valence-electron chi connectivity index (χ1n) is 6.30. The fourth-order valence-electron chi connectivity index (χ4n) is 2.55. The molecule has 21 heavy (non-hydrogen) atoms. The Morgan fingerprint density at radius 2 is 2.38 bits per heavy atom. The lowest BCUT2D eigenvalue weighted by Crippen LogP contribution is -2.24. The van der Waals surface area contributed by atoms with Gasteiger partial charge in [-0.1, -0.05) is 5.10 Å². The largest absolute Gasteiger partial charge is 0.394 e. The molecule has 0 radical (unpaired) electrons. The van der Waals surface area contributed by atoms with Gasteiger partial charge in [0.1, 0.15) is 12.3 Å². The van der Waals surface area contributed by atoms with Gasteiger partial charge < -0.3 is 14.9 Å². The lowest BCUT2D eigenvalue weighted by molar-refractivity contribution is -0.0433. The Bertz CT molecular complexity index is 867. The number of fused-ring (bicyclic) bond motifs is 3. The van der Waals surface area contributed by atoms with Gasteiger partial charge in [-0.3, -0.25) is 14.3 Å². The highest BCUT2D eigenvalue weighted by molar-refractivity contribution is 5.72. The number of tetrazole rings is 1. The van der Waals surface area contributed by atoms with Crippen LogP contribution in [-0.2, 0) is 4.74 Å². The molecule has 4 rings (SSSR count). The van der Waals surface area contributed by atoms with Crippen molar-refractivity contribution in [3.63, 3.8) is 0 Å². The molecule has 3 N–H and O–H groups in total. The summed E-state index contributed by atoms with van der Waals surface area (Å²) in [5, 5.41) is 30.0. The Morgan fingerprint density at radius 1 is 1.52 bits per heavy atom. The van der Waals surface area contributed by atoms with Crippen molar-refractivity contribution in [2.45, 2.75) is 24.9 Å². The van der Waals surface area contributed by atoms with Gasteiger partial charge in [-0.15, -0.1) is 0 Å². The molecule has 0 spiro atoms. The third-order valence-electron chi connectivity index (χ3n) is 3.57. The Kier molecular flexibility index (Phi) is 2.54. The highest BCUT2D eigenvalue weighted by Gasteiger charge is 2.35. The summed E-state index contributed by atoms with van der Waals surface area (Å²) in [6.07, 6.45) is -0.315. The van der Waals surface area contributed by atoms with E-state index in [1.807, 2.05) is 0 Å². The number of aliphatic hydroxyl groups is 2. The predicted octanol–water partition coefficient (Wildman–Crippen LogP) is -2.20. The van der Waals surface area contributed by atoms with E-state index in [4.69, 9.17) is 9.84 Å². The van der Waals surface area contributed by atoms with Gasteiger partial charge in [0.15, 0.2) is 11.2 Å². The Hall–Kier alpha value is -2.37. The first kappa shape index (κ1) is 12.4. The summed E-state index contributed by atoms with van der Waals surface area (Å²) in [6.45, 7) is -0.287. The van der Waals surface area contributed by atoms with Crippen molar-refractivity contribution in [2.24, 2.45) is 0 Å². The monoisotopic (exact) mass is 293 g/mol. The van der Waals surface area contributed by atoms with E-state index in [0.717, 1.165) is 0 Å². The fourth-order valence-corrected chi connectivity index (χ4v) is 2.55. The average molecular weight is 293 g/mol. The van der Waals surface area contributed by atoms with E-state index in [2.05, 4.69) is 25.5 Å². The van der Waals surface area contributed by atoms with Crippen LogP contribution in [-0.4, -0.2) is 63.6 Å². The Balaban J connectivity index is 1.92. The number of aliphatic hydroxyl groups excluding tert-OH is 2. The SMILES string of the molecule is O=c1[nH]c2nnnn2c2c1ncn2[C@H]1CC(O)[C@@H](CO)O1. The van der Waals surface area contributed by atoms with E-state index in [9.17, 15) is 9.90 Å². The van der Waals surface area contributed by atoms with Crippen LogP contribution < -0.4 is 5.56 Å². The van der Waals surface area contributed by atoms with Crippen molar-refractivity contribution in [2.75, 3.05) is 6.61 Å². The number of hydrogen-bond acceptors (Lipinski definition) is 8. The number of aromatic nitrogens is 7. The molecule has 0 amide bonds. The van der Waals surface area contributed by atoms with E-state index >= 15 is 0 Å². The second-order valence-electron chi connectivity index (χ2n) is 4.81. The topological polar surface area (TPSA) is 143 Å². The summed E-state index contributed by atoms with van der Waals surface area (Å²) in [6, 6.07) is 0. The van der Waals surface area contributed by atoms with Gasteiger partial charge in [0.2, 0.25) is 0 Å². The summed E-state index contributed by atoms with van der Waals surface area (Å²) >= 11 is 0. The predicted molar refractivity (Wildman–Crippen MR) is 66.3 cm³/mol. The third kappa shape index (κ3) is 1.68.